The van der Waals surface area contributed by atoms with Crippen LogP contribution in [0.3, 0.4) is 0 Å². The van der Waals surface area contributed by atoms with Crippen LogP contribution in [0, 0.1) is 0 Å². The lowest BCUT2D eigenvalue weighted by Gasteiger charge is -2.17. The fraction of sp³-hybridized carbons (Fsp3) is 0.0286. The van der Waals surface area contributed by atoms with E-state index in [9.17, 15) is 19.5 Å². The smallest absolute Gasteiger partial charge is 0.336 e. The normalized spacial score (nSPS) is 11.6. The number of aromatic carboxylic acids is 1. The standard InChI is InChI=1S/C35H24ClN3O4S2/c36-24-17-15-21(16-18-24)29-20-44-35(38-29)39-33(41)31(23-7-2-1-3-8-23)45-26-12-6-11-25(19-26)37-32(40)27-13-4-9-22-10-5-14-28(30(22)27)34(42)43/h1-20,31H,(H,37,40)(H,42,43)(H,38,39,41). The van der Waals surface area contributed by atoms with Crippen molar-refractivity contribution < 1.29 is 19.5 Å². The van der Waals surface area contributed by atoms with Crippen LogP contribution in [0.4, 0.5) is 10.8 Å². The Morgan fingerprint density at radius 3 is 2.24 bits per heavy atom. The molecule has 1 unspecified atom stereocenters. The van der Waals surface area contributed by atoms with Gasteiger partial charge >= 0.3 is 5.97 Å². The van der Waals surface area contributed by atoms with Crippen molar-refractivity contribution in [2.24, 2.45) is 0 Å². The lowest BCUT2D eigenvalue weighted by Crippen LogP contribution is -2.19. The molecule has 222 valence electrons. The first-order valence-electron chi connectivity index (χ1n) is 13.8. The average Bonchev–Trinajstić information content (AvgIpc) is 3.52. The van der Waals surface area contributed by atoms with E-state index in [1.807, 2.05) is 53.9 Å². The number of halogens is 1. The molecule has 5 aromatic carbocycles. The fourth-order valence-electron chi connectivity index (χ4n) is 4.85. The Kier molecular flexibility index (Phi) is 8.93. The van der Waals surface area contributed by atoms with Gasteiger partial charge in [-0.2, -0.15) is 0 Å². The van der Waals surface area contributed by atoms with Crippen molar-refractivity contribution in [3.8, 4) is 11.3 Å². The van der Waals surface area contributed by atoms with E-state index >= 15 is 0 Å². The van der Waals surface area contributed by atoms with Crippen molar-refractivity contribution >= 4 is 74.1 Å². The maximum Gasteiger partial charge on any atom is 0.336 e. The van der Waals surface area contributed by atoms with Crippen molar-refractivity contribution in [1.82, 2.24) is 4.98 Å². The highest BCUT2D eigenvalue weighted by atomic mass is 35.5. The summed E-state index contributed by atoms with van der Waals surface area (Å²) in [6.07, 6.45) is 0. The molecule has 1 atom stereocenters. The molecule has 0 spiro atoms. The molecular formula is C35H24ClN3O4S2. The van der Waals surface area contributed by atoms with E-state index in [4.69, 9.17) is 11.6 Å². The molecule has 2 amide bonds. The molecule has 0 bridgehead atoms. The molecule has 6 aromatic rings. The van der Waals surface area contributed by atoms with E-state index < -0.39 is 17.1 Å². The third-order valence-electron chi connectivity index (χ3n) is 6.94. The number of amides is 2. The Labute approximate surface area is 271 Å². The summed E-state index contributed by atoms with van der Waals surface area (Å²) >= 11 is 8.69. The monoisotopic (exact) mass is 649 g/mol. The van der Waals surface area contributed by atoms with Gasteiger partial charge in [0, 0.05) is 37.5 Å². The lowest BCUT2D eigenvalue weighted by atomic mass is 9.98. The second kappa shape index (κ2) is 13.4. The molecule has 1 heterocycles. The molecular weight excluding hydrogens is 626 g/mol. The van der Waals surface area contributed by atoms with Crippen LogP contribution in [-0.4, -0.2) is 27.9 Å². The molecule has 6 rings (SSSR count). The minimum absolute atomic E-state index is 0.0554. The van der Waals surface area contributed by atoms with Crippen LogP contribution in [-0.2, 0) is 4.79 Å². The minimum Gasteiger partial charge on any atom is -0.478 e. The molecule has 7 nitrogen and oxygen atoms in total. The van der Waals surface area contributed by atoms with E-state index in [1.54, 1.807) is 60.7 Å². The van der Waals surface area contributed by atoms with Gasteiger partial charge in [-0.25, -0.2) is 9.78 Å². The lowest BCUT2D eigenvalue weighted by molar-refractivity contribution is -0.115. The summed E-state index contributed by atoms with van der Waals surface area (Å²) in [5, 5.41) is 19.0. The van der Waals surface area contributed by atoms with Gasteiger partial charge in [0.25, 0.3) is 5.91 Å². The zero-order chi connectivity index (χ0) is 31.3. The number of carbonyl (C=O) groups excluding carboxylic acids is 2. The van der Waals surface area contributed by atoms with E-state index in [0.717, 1.165) is 21.7 Å². The molecule has 1 aromatic heterocycles. The summed E-state index contributed by atoms with van der Waals surface area (Å²) in [6.45, 7) is 0. The number of nitrogens with zero attached hydrogens (tertiary/aromatic N) is 1. The van der Waals surface area contributed by atoms with Gasteiger partial charge < -0.3 is 15.7 Å². The molecule has 10 heteroatoms. The summed E-state index contributed by atoms with van der Waals surface area (Å²) in [6, 6.07) is 34.0. The second-order valence-corrected chi connectivity index (χ2v) is 12.4. The number of nitrogens with one attached hydrogen (secondary N) is 2. The van der Waals surface area contributed by atoms with Gasteiger partial charge in [0.1, 0.15) is 5.25 Å². The number of anilines is 2. The van der Waals surface area contributed by atoms with E-state index in [2.05, 4.69) is 15.6 Å². The quantitative estimate of drug-likeness (QED) is 0.135. The highest BCUT2D eigenvalue weighted by molar-refractivity contribution is 8.00. The zero-order valence-electron chi connectivity index (χ0n) is 23.4. The van der Waals surface area contributed by atoms with Crippen LogP contribution < -0.4 is 10.6 Å². The number of aromatic nitrogens is 1. The number of rotatable bonds is 9. The first kappa shape index (κ1) is 30.1. The predicted molar refractivity (Wildman–Crippen MR) is 182 cm³/mol. The SMILES string of the molecule is O=C(O)c1cccc2cccc(C(=O)Nc3cccc(SC(C(=O)Nc4nc(-c5ccc(Cl)cc5)cs4)c4ccccc4)c3)c12. The summed E-state index contributed by atoms with van der Waals surface area (Å²) in [4.78, 5) is 44.3. The van der Waals surface area contributed by atoms with E-state index in [1.165, 1.54) is 29.2 Å². The number of carboxylic acids is 1. The van der Waals surface area contributed by atoms with Crippen molar-refractivity contribution in [3.63, 3.8) is 0 Å². The molecule has 0 radical (unpaired) electrons. The van der Waals surface area contributed by atoms with Crippen LogP contribution in [0.5, 0.6) is 0 Å². The van der Waals surface area contributed by atoms with Crippen LogP contribution >= 0.6 is 34.7 Å². The number of hydrogen-bond acceptors (Lipinski definition) is 6. The van der Waals surface area contributed by atoms with E-state index in [0.29, 0.717) is 26.6 Å². The van der Waals surface area contributed by atoms with Crippen molar-refractivity contribution in [2.45, 2.75) is 10.1 Å². The summed E-state index contributed by atoms with van der Waals surface area (Å²) in [7, 11) is 0. The van der Waals surface area contributed by atoms with Crippen molar-refractivity contribution in [3.05, 3.63) is 142 Å². The molecule has 0 saturated heterocycles. The Balaban J connectivity index is 1.23. The van der Waals surface area contributed by atoms with Gasteiger partial charge in [0.15, 0.2) is 5.13 Å². The number of benzene rings is 5. The highest BCUT2D eigenvalue weighted by Crippen LogP contribution is 2.38. The molecule has 0 aliphatic carbocycles. The molecule has 3 N–H and O–H groups in total. The van der Waals surface area contributed by atoms with Gasteiger partial charge in [-0.15, -0.1) is 23.1 Å². The predicted octanol–water partition coefficient (Wildman–Crippen LogP) is 9.04. The molecule has 0 aliphatic heterocycles. The first-order chi connectivity index (χ1) is 21.9. The fourth-order valence-corrected chi connectivity index (χ4v) is 6.78. The Hall–Kier alpha value is -4.96. The summed E-state index contributed by atoms with van der Waals surface area (Å²) < 4.78 is 0. The minimum atomic E-state index is -1.11. The van der Waals surface area contributed by atoms with Crippen LogP contribution in [0.15, 0.2) is 126 Å². The Bertz CT molecular complexity index is 2030. The van der Waals surface area contributed by atoms with Gasteiger partial charge in [0.2, 0.25) is 5.91 Å². The number of fused-ring (bicyclic) bond motifs is 1. The maximum atomic E-state index is 13.7. The largest absolute Gasteiger partial charge is 0.478 e. The second-order valence-electron chi connectivity index (χ2n) is 9.94. The number of thioether (sulfide) groups is 1. The molecule has 0 fully saturated rings. The van der Waals surface area contributed by atoms with Gasteiger partial charge in [-0.1, -0.05) is 84.4 Å². The number of thiazole rings is 1. The van der Waals surface area contributed by atoms with Crippen molar-refractivity contribution in [2.75, 3.05) is 10.6 Å². The topological polar surface area (TPSA) is 108 Å². The number of hydrogen-bond donors (Lipinski definition) is 3. The molecule has 45 heavy (non-hydrogen) atoms. The van der Waals surface area contributed by atoms with Gasteiger partial charge in [-0.3, -0.25) is 9.59 Å². The average molecular weight is 650 g/mol. The molecule has 0 aliphatic rings. The number of carbonyl (C=O) groups is 3. The van der Waals surface area contributed by atoms with Crippen LogP contribution in [0.25, 0.3) is 22.0 Å². The van der Waals surface area contributed by atoms with Gasteiger partial charge in [0.05, 0.1) is 11.3 Å². The maximum absolute atomic E-state index is 13.7. The Morgan fingerprint density at radius 1 is 0.800 bits per heavy atom. The first-order valence-corrected chi connectivity index (χ1v) is 15.9. The van der Waals surface area contributed by atoms with Crippen LogP contribution in [0.1, 0.15) is 31.5 Å². The third kappa shape index (κ3) is 6.91. The van der Waals surface area contributed by atoms with Gasteiger partial charge in [-0.05, 0) is 53.4 Å². The van der Waals surface area contributed by atoms with Crippen LogP contribution in [0.2, 0.25) is 5.02 Å². The highest BCUT2D eigenvalue weighted by Gasteiger charge is 2.24. The summed E-state index contributed by atoms with van der Waals surface area (Å²) in [5.41, 5.74) is 3.26. The number of carboxylic acid groups (broad SMARTS) is 1. The van der Waals surface area contributed by atoms with Crippen molar-refractivity contribution in [1.29, 1.82) is 0 Å². The van der Waals surface area contributed by atoms with E-state index in [-0.39, 0.29) is 17.0 Å². The summed E-state index contributed by atoms with van der Waals surface area (Å²) in [5.74, 6) is -1.79. The Morgan fingerprint density at radius 2 is 1.51 bits per heavy atom. The third-order valence-corrected chi connectivity index (χ3v) is 9.20. The molecule has 0 saturated carbocycles. The zero-order valence-corrected chi connectivity index (χ0v) is 25.8.